The number of H-pyrrole nitrogens is 1. The van der Waals surface area contributed by atoms with Gasteiger partial charge in [0.25, 0.3) is 5.91 Å². The molecule has 4 rings (SSSR count). The molecule has 2 aromatic heterocycles. The number of carbonyl (C=O) groups is 1. The standard InChI is InChI=1S/C19H21N5O/c1-13-4-5-14(11-20-13)9-15-3-2-8-24(12-15)19(25)16-6-7-17-18(10-16)22-23-21-17/h4-7,10-11,15H,2-3,8-9,12H2,1H3,(H,21,22,23)/t15-/m0/s1. The SMILES string of the molecule is Cc1ccc(C[C@@H]2CCCN(C(=O)c3ccc4n[nH]nc4c3)C2)cn1. The summed E-state index contributed by atoms with van der Waals surface area (Å²) in [5.74, 6) is 0.564. The van der Waals surface area contributed by atoms with Gasteiger partial charge >= 0.3 is 0 Å². The Balaban J connectivity index is 1.46. The summed E-state index contributed by atoms with van der Waals surface area (Å²) in [6.07, 6.45) is 5.12. The fraction of sp³-hybridized carbons (Fsp3) is 0.368. The Bertz CT molecular complexity index is 886. The van der Waals surface area contributed by atoms with Crippen LogP contribution >= 0.6 is 0 Å². The van der Waals surface area contributed by atoms with Crippen molar-refractivity contribution >= 4 is 16.9 Å². The number of hydrogen-bond acceptors (Lipinski definition) is 4. The molecule has 25 heavy (non-hydrogen) atoms. The third-order valence-corrected chi connectivity index (χ3v) is 4.87. The number of pyridine rings is 1. The second-order valence-corrected chi connectivity index (χ2v) is 6.80. The summed E-state index contributed by atoms with van der Waals surface area (Å²) in [5.41, 5.74) is 4.46. The highest BCUT2D eigenvalue weighted by molar-refractivity contribution is 5.97. The van der Waals surface area contributed by atoms with Crippen molar-refractivity contribution < 1.29 is 4.79 Å². The predicted octanol–water partition coefficient (Wildman–Crippen LogP) is 2.76. The number of piperidine rings is 1. The first kappa shape index (κ1) is 15.7. The maximum Gasteiger partial charge on any atom is 0.253 e. The Kier molecular flexibility index (Phi) is 4.17. The van der Waals surface area contributed by atoms with E-state index in [9.17, 15) is 4.79 Å². The van der Waals surface area contributed by atoms with Gasteiger partial charge in [0.15, 0.2) is 0 Å². The number of fused-ring (bicyclic) bond motifs is 1. The highest BCUT2D eigenvalue weighted by atomic mass is 16.2. The van der Waals surface area contributed by atoms with Gasteiger partial charge in [0.05, 0.1) is 0 Å². The first-order valence-electron chi connectivity index (χ1n) is 8.70. The largest absolute Gasteiger partial charge is 0.338 e. The summed E-state index contributed by atoms with van der Waals surface area (Å²) in [5, 5.41) is 10.7. The average molecular weight is 335 g/mol. The summed E-state index contributed by atoms with van der Waals surface area (Å²) in [4.78, 5) is 19.2. The van der Waals surface area contributed by atoms with Crippen LogP contribution in [0.3, 0.4) is 0 Å². The topological polar surface area (TPSA) is 74.8 Å². The van der Waals surface area contributed by atoms with Crippen molar-refractivity contribution in [3.8, 4) is 0 Å². The number of hydrogen-bond donors (Lipinski definition) is 1. The van der Waals surface area contributed by atoms with Crippen molar-refractivity contribution in [2.75, 3.05) is 13.1 Å². The van der Waals surface area contributed by atoms with E-state index in [2.05, 4.69) is 26.5 Å². The number of benzene rings is 1. The van der Waals surface area contributed by atoms with Crippen molar-refractivity contribution in [1.82, 2.24) is 25.3 Å². The molecule has 1 aliphatic rings. The molecule has 3 aromatic rings. The zero-order valence-electron chi connectivity index (χ0n) is 14.3. The Morgan fingerprint density at radius 2 is 2.12 bits per heavy atom. The molecule has 3 heterocycles. The lowest BCUT2D eigenvalue weighted by atomic mass is 9.91. The van der Waals surface area contributed by atoms with Crippen LogP contribution in [-0.2, 0) is 6.42 Å². The van der Waals surface area contributed by atoms with Crippen LogP contribution in [0.25, 0.3) is 11.0 Å². The molecule has 128 valence electrons. The fourth-order valence-electron chi connectivity index (χ4n) is 3.52. The van der Waals surface area contributed by atoms with Gasteiger partial charge in [-0.1, -0.05) is 6.07 Å². The van der Waals surface area contributed by atoms with Crippen molar-refractivity contribution in [2.45, 2.75) is 26.2 Å². The molecule has 1 aromatic carbocycles. The van der Waals surface area contributed by atoms with Crippen LogP contribution < -0.4 is 0 Å². The molecular weight excluding hydrogens is 314 g/mol. The zero-order chi connectivity index (χ0) is 17.2. The third-order valence-electron chi connectivity index (χ3n) is 4.87. The third kappa shape index (κ3) is 3.38. The van der Waals surface area contributed by atoms with E-state index in [0.29, 0.717) is 11.5 Å². The number of aromatic nitrogens is 4. The van der Waals surface area contributed by atoms with Crippen LogP contribution in [0.15, 0.2) is 36.5 Å². The number of rotatable bonds is 3. The van der Waals surface area contributed by atoms with E-state index in [4.69, 9.17) is 0 Å². The zero-order valence-corrected chi connectivity index (χ0v) is 14.3. The monoisotopic (exact) mass is 335 g/mol. The first-order valence-corrected chi connectivity index (χ1v) is 8.70. The van der Waals surface area contributed by atoms with Gasteiger partial charge in [-0.05, 0) is 61.9 Å². The van der Waals surface area contributed by atoms with E-state index >= 15 is 0 Å². The normalized spacial score (nSPS) is 17.8. The van der Waals surface area contributed by atoms with E-state index in [-0.39, 0.29) is 5.91 Å². The van der Waals surface area contributed by atoms with E-state index in [0.717, 1.165) is 49.1 Å². The van der Waals surface area contributed by atoms with Gasteiger partial charge in [-0.3, -0.25) is 9.78 Å². The number of amides is 1. The molecular formula is C19H21N5O. The molecule has 1 amide bonds. The maximum absolute atomic E-state index is 12.9. The molecule has 0 radical (unpaired) electrons. The van der Waals surface area contributed by atoms with Crippen molar-refractivity contribution in [3.63, 3.8) is 0 Å². The molecule has 0 bridgehead atoms. The van der Waals surface area contributed by atoms with Crippen molar-refractivity contribution in [2.24, 2.45) is 5.92 Å². The minimum absolute atomic E-state index is 0.0802. The van der Waals surface area contributed by atoms with E-state index < -0.39 is 0 Å². The smallest absolute Gasteiger partial charge is 0.253 e. The summed E-state index contributed by atoms with van der Waals surface area (Å²) in [6, 6.07) is 9.68. The molecule has 1 N–H and O–H groups in total. The number of likely N-dealkylation sites (tertiary alicyclic amines) is 1. The fourth-order valence-corrected chi connectivity index (χ4v) is 3.52. The van der Waals surface area contributed by atoms with Crippen LogP contribution in [-0.4, -0.2) is 44.3 Å². The number of aromatic amines is 1. The molecule has 1 saturated heterocycles. The van der Waals surface area contributed by atoms with Gasteiger partial charge in [0.1, 0.15) is 11.0 Å². The second kappa shape index (κ2) is 6.63. The van der Waals surface area contributed by atoms with Crippen molar-refractivity contribution in [1.29, 1.82) is 0 Å². The molecule has 1 aliphatic heterocycles. The van der Waals surface area contributed by atoms with Crippen molar-refractivity contribution in [3.05, 3.63) is 53.3 Å². The van der Waals surface area contributed by atoms with Crippen LogP contribution in [0, 0.1) is 12.8 Å². The molecule has 0 aliphatic carbocycles. The van der Waals surface area contributed by atoms with Gasteiger partial charge in [-0.25, -0.2) is 0 Å². The number of carbonyl (C=O) groups excluding carboxylic acids is 1. The Morgan fingerprint density at radius 1 is 1.24 bits per heavy atom. The predicted molar refractivity (Wildman–Crippen MR) is 95.2 cm³/mol. The van der Waals surface area contributed by atoms with E-state index in [1.807, 2.05) is 42.3 Å². The summed E-state index contributed by atoms with van der Waals surface area (Å²) in [6.45, 7) is 3.61. The number of nitrogens with zero attached hydrogens (tertiary/aromatic N) is 4. The van der Waals surface area contributed by atoms with Gasteiger partial charge < -0.3 is 4.90 Å². The quantitative estimate of drug-likeness (QED) is 0.798. The molecule has 1 atom stereocenters. The highest BCUT2D eigenvalue weighted by Crippen LogP contribution is 2.23. The molecule has 0 saturated carbocycles. The molecule has 0 unspecified atom stereocenters. The average Bonchev–Trinajstić information content (AvgIpc) is 3.11. The van der Waals surface area contributed by atoms with Gasteiger partial charge in [0.2, 0.25) is 0 Å². The van der Waals surface area contributed by atoms with Gasteiger partial charge in [0, 0.05) is 30.5 Å². The maximum atomic E-state index is 12.9. The van der Waals surface area contributed by atoms with Gasteiger partial charge in [-0.2, -0.15) is 15.4 Å². The van der Waals surface area contributed by atoms with E-state index in [1.54, 1.807) is 0 Å². The van der Waals surface area contributed by atoms with Gasteiger partial charge in [-0.15, -0.1) is 0 Å². The second-order valence-electron chi connectivity index (χ2n) is 6.80. The van der Waals surface area contributed by atoms with E-state index in [1.165, 1.54) is 5.56 Å². The van der Waals surface area contributed by atoms with Crippen LogP contribution in [0.2, 0.25) is 0 Å². The number of aryl methyl sites for hydroxylation is 1. The molecule has 1 fully saturated rings. The minimum atomic E-state index is 0.0802. The van der Waals surface area contributed by atoms with Crippen LogP contribution in [0.4, 0.5) is 0 Å². The minimum Gasteiger partial charge on any atom is -0.338 e. The lowest BCUT2D eigenvalue weighted by Crippen LogP contribution is -2.40. The van der Waals surface area contributed by atoms with Crippen LogP contribution in [0.5, 0.6) is 0 Å². The Hall–Kier alpha value is -2.76. The summed E-state index contributed by atoms with van der Waals surface area (Å²) >= 11 is 0. The Morgan fingerprint density at radius 3 is 2.96 bits per heavy atom. The Labute approximate surface area is 146 Å². The van der Waals surface area contributed by atoms with Crippen LogP contribution in [0.1, 0.15) is 34.5 Å². The first-order chi connectivity index (χ1) is 12.2. The molecule has 6 heteroatoms. The molecule has 6 nitrogen and oxygen atoms in total. The highest BCUT2D eigenvalue weighted by Gasteiger charge is 2.25. The summed E-state index contributed by atoms with van der Waals surface area (Å²) < 4.78 is 0. The molecule has 0 spiro atoms. The summed E-state index contributed by atoms with van der Waals surface area (Å²) in [7, 11) is 0. The lowest BCUT2D eigenvalue weighted by Gasteiger charge is -2.33. The number of nitrogens with one attached hydrogen (secondary N) is 1. The lowest BCUT2D eigenvalue weighted by molar-refractivity contribution is 0.0673.